The summed E-state index contributed by atoms with van der Waals surface area (Å²) in [6, 6.07) is 3.64. The number of hydrogen-bond donors (Lipinski definition) is 3. The fourth-order valence-corrected chi connectivity index (χ4v) is 3.25. The van der Waals surface area contributed by atoms with Crippen molar-refractivity contribution < 1.29 is 60.4 Å². The molecule has 3 atom stereocenters. The Hall–Kier alpha value is -2.98. The normalized spacial score (nSPS) is 21.7. The SMILES string of the molecule is COCCN1CC[C@H]2C[C@@H](C(=O)Nc3cccnc3)O[C@H]2C1.O=C(O)C(F)(F)F.O=C(O)C(F)(F)F. The van der Waals surface area contributed by atoms with E-state index in [0.29, 0.717) is 11.6 Å². The van der Waals surface area contributed by atoms with E-state index in [-0.39, 0.29) is 18.1 Å². The highest BCUT2D eigenvalue weighted by Gasteiger charge is 2.42. The molecule has 1 aromatic rings. The van der Waals surface area contributed by atoms with Crippen LogP contribution in [0.4, 0.5) is 32.0 Å². The van der Waals surface area contributed by atoms with Gasteiger partial charge in [-0.05, 0) is 37.4 Å². The van der Waals surface area contributed by atoms with Crippen LogP contribution >= 0.6 is 0 Å². The van der Waals surface area contributed by atoms with Gasteiger partial charge in [0.1, 0.15) is 6.10 Å². The molecular formula is C20H25F6N3O7. The van der Waals surface area contributed by atoms with Gasteiger partial charge in [-0.3, -0.25) is 14.7 Å². The quantitative estimate of drug-likeness (QED) is 0.487. The maximum atomic E-state index is 12.3. The molecule has 2 aliphatic rings. The highest BCUT2D eigenvalue weighted by atomic mass is 19.4. The van der Waals surface area contributed by atoms with Gasteiger partial charge in [-0.2, -0.15) is 26.3 Å². The third kappa shape index (κ3) is 11.2. The number of aromatic nitrogens is 1. The molecule has 2 fully saturated rings. The molecule has 1 amide bonds. The number of hydrogen-bond acceptors (Lipinski definition) is 7. The lowest BCUT2D eigenvalue weighted by Crippen LogP contribution is -2.43. The molecular weight excluding hydrogens is 508 g/mol. The molecule has 36 heavy (non-hydrogen) atoms. The molecule has 16 heteroatoms. The summed E-state index contributed by atoms with van der Waals surface area (Å²) in [5.41, 5.74) is 0.715. The molecule has 0 unspecified atom stereocenters. The number of carboxylic acids is 2. The Morgan fingerprint density at radius 3 is 2.22 bits per heavy atom. The van der Waals surface area contributed by atoms with Gasteiger partial charge in [0.05, 0.1) is 24.6 Å². The summed E-state index contributed by atoms with van der Waals surface area (Å²) >= 11 is 0. The van der Waals surface area contributed by atoms with Crippen LogP contribution in [0.25, 0.3) is 0 Å². The number of carboxylic acid groups (broad SMARTS) is 2. The monoisotopic (exact) mass is 533 g/mol. The van der Waals surface area contributed by atoms with Crippen LogP contribution in [0, 0.1) is 5.92 Å². The van der Waals surface area contributed by atoms with E-state index in [9.17, 15) is 31.1 Å². The number of amides is 1. The lowest BCUT2D eigenvalue weighted by atomic mass is 9.91. The van der Waals surface area contributed by atoms with Crippen LogP contribution < -0.4 is 5.32 Å². The summed E-state index contributed by atoms with van der Waals surface area (Å²) in [4.78, 5) is 36.5. The van der Waals surface area contributed by atoms with E-state index < -0.39 is 24.3 Å². The number of nitrogens with one attached hydrogen (secondary N) is 1. The Morgan fingerprint density at radius 1 is 1.17 bits per heavy atom. The van der Waals surface area contributed by atoms with Crippen molar-refractivity contribution in [1.29, 1.82) is 0 Å². The third-order valence-corrected chi connectivity index (χ3v) is 4.95. The first kappa shape index (κ1) is 31.1. The highest BCUT2D eigenvalue weighted by Crippen LogP contribution is 2.33. The zero-order chi connectivity index (χ0) is 27.5. The summed E-state index contributed by atoms with van der Waals surface area (Å²) in [5.74, 6) is -5.09. The molecule has 1 aromatic heterocycles. The van der Waals surface area contributed by atoms with E-state index in [1.54, 1.807) is 25.6 Å². The van der Waals surface area contributed by atoms with Crippen LogP contribution in [0.2, 0.25) is 0 Å². The Labute approximate surface area is 201 Å². The van der Waals surface area contributed by atoms with Crippen molar-refractivity contribution in [2.24, 2.45) is 5.92 Å². The Kier molecular flexibility index (Phi) is 12.0. The molecule has 204 valence electrons. The number of methoxy groups -OCH3 is 1. The number of rotatable bonds is 5. The molecule has 2 saturated heterocycles. The molecule has 0 bridgehead atoms. The predicted octanol–water partition coefficient (Wildman–Crippen LogP) is 2.41. The maximum Gasteiger partial charge on any atom is 0.490 e. The standard InChI is InChI=1S/C16H23N3O3.2C2HF3O2/c1-21-8-7-19-6-4-12-9-14(22-15(12)11-19)16(20)18-13-3-2-5-17-10-13;2*3-2(4,5)1(6)7/h2-3,5,10,12,14-15H,4,6-9,11H2,1H3,(H,18,20);2*(H,6,7)/t12-,14-,15-;;/m0../s1. The van der Waals surface area contributed by atoms with Crippen molar-refractivity contribution in [2.45, 2.75) is 37.4 Å². The van der Waals surface area contributed by atoms with Gasteiger partial charge < -0.3 is 25.0 Å². The Balaban J connectivity index is 0.000000383. The van der Waals surface area contributed by atoms with Gasteiger partial charge in [0, 0.05) is 26.4 Å². The summed E-state index contributed by atoms with van der Waals surface area (Å²) in [7, 11) is 1.72. The number of alkyl halides is 6. The number of carbonyl (C=O) groups is 3. The number of anilines is 1. The van der Waals surface area contributed by atoms with E-state index in [1.807, 2.05) is 6.07 Å². The minimum Gasteiger partial charge on any atom is -0.475 e. The summed E-state index contributed by atoms with van der Waals surface area (Å²) in [6.45, 7) is 3.62. The van der Waals surface area contributed by atoms with Crippen molar-refractivity contribution in [3.8, 4) is 0 Å². The van der Waals surface area contributed by atoms with Gasteiger partial charge in [0.25, 0.3) is 5.91 Å². The minimum atomic E-state index is -5.08. The zero-order valence-electron chi connectivity index (χ0n) is 18.9. The van der Waals surface area contributed by atoms with E-state index in [1.165, 1.54) is 0 Å². The second-order valence-corrected chi connectivity index (χ2v) is 7.58. The van der Waals surface area contributed by atoms with Gasteiger partial charge in [0.2, 0.25) is 0 Å². The van der Waals surface area contributed by atoms with Gasteiger partial charge in [-0.15, -0.1) is 0 Å². The molecule has 0 aromatic carbocycles. The first-order chi connectivity index (χ1) is 16.6. The summed E-state index contributed by atoms with van der Waals surface area (Å²) in [6.07, 6.45) is -5.12. The molecule has 2 aliphatic heterocycles. The van der Waals surface area contributed by atoms with Crippen LogP contribution in [-0.2, 0) is 23.9 Å². The first-order valence-corrected chi connectivity index (χ1v) is 10.3. The van der Waals surface area contributed by atoms with Crippen LogP contribution in [-0.4, -0.2) is 95.9 Å². The van der Waals surface area contributed by atoms with E-state index in [2.05, 4.69) is 15.2 Å². The van der Waals surface area contributed by atoms with Crippen molar-refractivity contribution in [3.05, 3.63) is 24.5 Å². The van der Waals surface area contributed by atoms with Crippen LogP contribution in [0.3, 0.4) is 0 Å². The van der Waals surface area contributed by atoms with E-state index in [4.69, 9.17) is 29.3 Å². The average Bonchev–Trinajstić information content (AvgIpc) is 3.21. The van der Waals surface area contributed by atoms with Gasteiger partial charge >= 0.3 is 24.3 Å². The topological polar surface area (TPSA) is 138 Å². The van der Waals surface area contributed by atoms with Crippen molar-refractivity contribution in [2.75, 3.05) is 38.7 Å². The predicted molar refractivity (Wildman–Crippen MR) is 110 cm³/mol. The molecule has 3 N–H and O–H groups in total. The van der Waals surface area contributed by atoms with Gasteiger partial charge in [-0.1, -0.05) is 0 Å². The van der Waals surface area contributed by atoms with Crippen LogP contribution in [0.15, 0.2) is 24.5 Å². The Morgan fingerprint density at radius 2 is 1.75 bits per heavy atom. The number of fused-ring (bicyclic) bond motifs is 1. The molecule has 10 nitrogen and oxygen atoms in total. The van der Waals surface area contributed by atoms with E-state index in [0.717, 1.165) is 39.1 Å². The number of piperidine rings is 1. The molecule has 3 heterocycles. The first-order valence-electron chi connectivity index (χ1n) is 10.3. The lowest BCUT2D eigenvalue weighted by molar-refractivity contribution is -0.193. The summed E-state index contributed by atoms with van der Waals surface area (Å²) < 4.78 is 74.6. The van der Waals surface area contributed by atoms with Crippen LogP contribution in [0.5, 0.6) is 0 Å². The Bertz CT molecular complexity index is 830. The molecule has 3 rings (SSSR count). The zero-order valence-corrected chi connectivity index (χ0v) is 18.9. The maximum absolute atomic E-state index is 12.3. The largest absolute Gasteiger partial charge is 0.490 e. The third-order valence-electron chi connectivity index (χ3n) is 4.95. The van der Waals surface area contributed by atoms with Crippen molar-refractivity contribution in [3.63, 3.8) is 0 Å². The lowest BCUT2D eigenvalue weighted by Gasteiger charge is -2.33. The number of halogens is 6. The second kappa shape index (κ2) is 13.9. The number of pyridine rings is 1. The second-order valence-electron chi connectivity index (χ2n) is 7.58. The molecule has 0 aliphatic carbocycles. The average molecular weight is 533 g/mol. The number of ether oxygens (including phenoxy) is 2. The number of likely N-dealkylation sites (tertiary alicyclic amines) is 1. The van der Waals surface area contributed by atoms with Gasteiger partial charge in [0.15, 0.2) is 0 Å². The highest BCUT2D eigenvalue weighted by molar-refractivity contribution is 5.94. The molecule has 0 radical (unpaired) electrons. The fourth-order valence-electron chi connectivity index (χ4n) is 3.25. The van der Waals surface area contributed by atoms with Crippen LogP contribution in [0.1, 0.15) is 12.8 Å². The minimum absolute atomic E-state index is 0.0640. The van der Waals surface area contributed by atoms with Crippen molar-refractivity contribution in [1.82, 2.24) is 9.88 Å². The van der Waals surface area contributed by atoms with Crippen molar-refractivity contribution >= 4 is 23.5 Å². The summed E-state index contributed by atoms with van der Waals surface area (Å²) in [5, 5.41) is 17.1. The fraction of sp³-hybridized carbons (Fsp3) is 0.600. The van der Waals surface area contributed by atoms with Gasteiger partial charge in [-0.25, -0.2) is 9.59 Å². The number of carbonyl (C=O) groups excluding carboxylic acids is 1. The smallest absolute Gasteiger partial charge is 0.475 e. The number of nitrogens with zero attached hydrogens (tertiary/aromatic N) is 2. The molecule has 0 spiro atoms. The van der Waals surface area contributed by atoms with E-state index >= 15 is 0 Å². The molecule has 0 saturated carbocycles. The number of aliphatic carboxylic acids is 2.